The number of nitrogens with one attached hydrogen (secondary N) is 1. The van der Waals surface area contributed by atoms with Crippen LogP contribution in [0.2, 0.25) is 0 Å². The molecule has 0 bridgehead atoms. The Balaban J connectivity index is 0.00000208. The van der Waals surface area contributed by atoms with Crippen molar-refractivity contribution in [3.63, 3.8) is 0 Å². The Bertz CT molecular complexity index is 675. The number of hydrogen-bond donors (Lipinski definition) is 1. The zero-order valence-electron chi connectivity index (χ0n) is 14.1. The first kappa shape index (κ1) is 18.7. The van der Waals surface area contributed by atoms with Gasteiger partial charge in [-0.25, -0.2) is 0 Å². The zero-order chi connectivity index (χ0) is 16.1. The largest absolute Gasteiger partial charge is 0.375 e. The molecular formula is C19H24IN3O. The highest BCUT2D eigenvalue weighted by Gasteiger charge is 2.23. The summed E-state index contributed by atoms with van der Waals surface area (Å²) in [6, 6.07) is 18.8. The number of nitrogens with zero attached hydrogens (tertiary/aromatic N) is 2. The molecule has 128 valence electrons. The molecule has 1 N–H and O–H groups in total. The molecule has 1 aliphatic heterocycles. The van der Waals surface area contributed by atoms with Crippen LogP contribution in [0.5, 0.6) is 0 Å². The molecular weight excluding hydrogens is 413 g/mol. The van der Waals surface area contributed by atoms with E-state index in [1.807, 2.05) is 25.2 Å². The number of para-hydroxylation sites is 1. The summed E-state index contributed by atoms with van der Waals surface area (Å²) in [5, 5.41) is 3.45. The third-order valence-electron chi connectivity index (χ3n) is 4.26. The molecule has 0 spiro atoms. The molecule has 24 heavy (non-hydrogen) atoms. The molecule has 1 atom stereocenters. The van der Waals surface area contributed by atoms with Gasteiger partial charge in [0, 0.05) is 32.9 Å². The van der Waals surface area contributed by atoms with E-state index in [4.69, 9.17) is 4.74 Å². The lowest BCUT2D eigenvalue weighted by Crippen LogP contribution is -2.42. The predicted octanol–water partition coefficient (Wildman–Crippen LogP) is 3.63. The summed E-state index contributed by atoms with van der Waals surface area (Å²) in [6.07, 6.45) is 1.06. The van der Waals surface area contributed by atoms with Gasteiger partial charge in [0.2, 0.25) is 0 Å². The quantitative estimate of drug-likeness (QED) is 0.451. The first-order valence-electron chi connectivity index (χ1n) is 7.97. The Morgan fingerprint density at radius 2 is 1.88 bits per heavy atom. The van der Waals surface area contributed by atoms with Crippen molar-refractivity contribution in [1.82, 2.24) is 5.32 Å². The molecule has 5 heteroatoms. The van der Waals surface area contributed by atoms with Crippen molar-refractivity contribution in [2.24, 2.45) is 4.99 Å². The van der Waals surface area contributed by atoms with E-state index in [1.165, 1.54) is 16.8 Å². The van der Waals surface area contributed by atoms with Gasteiger partial charge in [0.15, 0.2) is 5.96 Å². The van der Waals surface area contributed by atoms with E-state index in [0.29, 0.717) is 6.54 Å². The molecule has 0 fully saturated rings. The number of rotatable bonds is 4. The van der Waals surface area contributed by atoms with Crippen molar-refractivity contribution in [2.45, 2.75) is 12.5 Å². The predicted molar refractivity (Wildman–Crippen MR) is 110 cm³/mol. The number of methoxy groups -OCH3 is 1. The Morgan fingerprint density at radius 3 is 2.58 bits per heavy atom. The molecule has 0 amide bonds. The molecule has 2 aromatic carbocycles. The zero-order valence-corrected chi connectivity index (χ0v) is 16.4. The number of guanidine groups is 1. The van der Waals surface area contributed by atoms with E-state index in [2.05, 4.69) is 51.6 Å². The van der Waals surface area contributed by atoms with Crippen LogP contribution >= 0.6 is 24.0 Å². The number of ether oxygens (including phenoxy) is 1. The van der Waals surface area contributed by atoms with Crippen molar-refractivity contribution in [2.75, 3.05) is 32.1 Å². The maximum atomic E-state index is 5.63. The van der Waals surface area contributed by atoms with Crippen molar-refractivity contribution >= 4 is 35.6 Å². The Hall–Kier alpha value is -1.60. The number of aliphatic imine (C=N–C) groups is 1. The molecule has 2 aromatic rings. The van der Waals surface area contributed by atoms with Gasteiger partial charge in [-0.15, -0.1) is 24.0 Å². The summed E-state index contributed by atoms with van der Waals surface area (Å²) in [6.45, 7) is 1.65. The first-order valence-corrected chi connectivity index (χ1v) is 7.97. The topological polar surface area (TPSA) is 36.9 Å². The summed E-state index contributed by atoms with van der Waals surface area (Å²) in [5.41, 5.74) is 3.79. The number of hydrogen-bond acceptors (Lipinski definition) is 2. The van der Waals surface area contributed by atoms with E-state index in [0.717, 1.165) is 18.9 Å². The number of anilines is 1. The average Bonchev–Trinajstić information content (AvgIpc) is 3.04. The smallest absolute Gasteiger partial charge is 0.198 e. The summed E-state index contributed by atoms with van der Waals surface area (Å²) in [5.74, 6) is 0.896. The van der Waals surface area contributed by atoms with Crippen LogP contribution in [0.15, 0.2) is 59.6 Å². The van der Waals surface area contributed by atoms with Crippen molar-refractivity contribution in [3.05, 3.63) is 65.7 Å². The van der Waals surface area contributed by atoms with E-state index in [1.54, 1.807) is 7.11 Å². The molecule has 0 saturated heterocycles. The second-order valence-electron chi connectivity index (χ2n) is 5.59. The van der Waals surface area contributed by atoms with Gasteiger partial charge in [-0.1, -0.05) is 48.5 Å². The minimum absolute atomic E-state index is 0. The van der Waals surface area contributed by atoms with E-state index in [-0.39, 0.29) is 30.1 Å². The Kier molecular flexibility index (Phi) is 7.05. The third kappa shape index (κ3) is 4.08. The van der Waals surface area contributed by atoms with Crippen LogP contribution in [0, 0.1) is 0 Å². The minimum atomic E-state index is 0. The first-order chi connectivity index (χ1) is 11.3. The highest BCUT2D eigenvalue weighted by Crippen LogP contribution is 2.27. The van der Waals surface area contributed by atoms with Crippen LogP contribution in [0.3, 0.4) is 0 Å². The van der Waals surface area contributed by atoms with Gasteiger partial charge in [0.05, 0.1) is 6.10 Å². The van der Waals surface area contributed by atoms with Crippen LogP contribution in [0.4, 0.5) is 5.69 Å². The number of halogens is 1. The molecule has 0 aliphatic carbocycles. The van der Waals surface area contributed by atoms with E-state index >= 15 is 0 Å². The van der Waals surface area contributed by atoms with Gasteiger partial charge in [0.1, 0.15) is 0 Å². The average molecular weight is 437 g/mol. The minimum Gasteiger partial charge on any atom is -0.375 e. The molecule has 1 unspecified atom stereocenters. The summed E-state index contributed by atoms with van der Waals surface area (Å²) >= 11 is 0. The third-order valence-corrected chi connectivity index (χ3v) is 4.26. The molecule has 0 aromatic heterocycles. The van der Waals surface area contributed by atoms with E-state index < -0.39 is 0 Å². The molecule has 4 nitrogen and oxygen atoms in total. The van der Waals surface area contributed by atoms with Gasteiger partial charge in [0.25, 0.3) is 0 Å². The molecule has 3 rings (SSSR count). The van der Waals surface area contributed by atoms with Gasteiger partial charge < -0.3 is 15.0 Å². The molecule has 1 heterocycles. The fraction of sp³-hybridized carbons (Fsp3) is 0.316. The molecule has 1 aliphatic rings. The summed E-state index contributed by atoms with van der Waals surface area (Å²) < 4.78 is 5.63. The van der Waals surface area contributed by atoms with Crippen molar-refractivity contribution in [1.29, 1.82) is 0 Å². The highest BCUT2D eigenvalue weighted by atomic mass is 127. The molecule has 0 saturated carbocycles. The number of fused-ring (bicyclic) bond motifs is 1. The maximum absolute atomic E-state index is 5.63. The lowest BCUT2D eigenvalue weighted by atomic mass is 10.1. The monoisotopic (exact) mass is 437 g/mol. The van der Waals surface area contributed by atoms with Gasteiger partial charge in [-0.05, 0) is 23.6 Å². The standard InChI is InChI=1S/C19H23N3O.HI/c1-20-19(22-13-12-15-8-6-7-11-17(15)22)21-14-18(23-2)16-9-4-3-5-10-16;/h3-11,18H,12-14H2,1-2H3,(H,20,21);1H. The number of benzene rings is 2. The van der Waals surface area contributed by atoms with Gasteiger partial charge in [-0.3, -0.25) is 4.99 Å². The van der Waals surface area contributed by atoms with Gasteiger partial charge in [-0.2, -0.15) is 0 Å². The summed E-state index contributed by atoms with van der Waals surface area (Å²) in [7, 11) is 3.57. The lowest BCUT2D eigenvalue weighted by molar-refractivity contribution is 0.106. The highest BCUT2D eigenvalue weighted by molar-refractivity contribution is 14.0. The van der Waals surface area contributed by atoms with E-state index in [9.17, 15) is 0 Å². The van der Waals surface area contributed by atoms with Crippen LogP contribution in [-0.2, 0) is 11.2 Å². The second kappa shape index (κ2) is 9.03. The summed E-state index contributed by atoms with van der Waals surface area (Å²) in [4.78, 5) is 6.69. The fourth-order valence-electron chi connectivity index (χ4n) is 3.04. The van der Waals surface area contributed by atoms with Crippen LogP contribution in [0.25, 0.3) is 0 Å². The van der Waals surface area contributed by atoms with Gasteiger partial charge >= 0.3 is 0 Å². The molecule has 0 radical (unpaired) electrons. The second-order valence-corrected chi connectivity index (χ2v) is 5.59. The SMILES string of the molecule is CN=C(NCC(OC)c1ccccc1)N1CCc2ccccc21.I. The van der Waals surface area contributed by atoms with Crippen molar-refractivity contribution < 1.29 is 4.74 Å². The fourth-order valence-corrected chi connectivity index (χ4v) is 3.04. The maximum Gasteiger partial charge on any atom is 0.198 e. The Morgan fingerprint density at radius 1 is 1.17 bits per heavy atom. The lowest BCUT2D eigenvalue weighted by Gasteiger charge is -2.24. The van der Waals surface area contributed by atoms with Crippen LogP contribution in [0.1, 0.15) is 17.2 Å². The van der Waals surface area contributed by atoms with Crippen LogP contribution in [-0.4, -0.2) is 33.2 Å². The normalized spacial score (nSPS) is 14.8. The van der Waals surface area contributed by atoms with Crippen LogP contribution < -0.4 is 10.2 Å². The van der Waals surface area contributed by atoms with Crippen molar-refractivity contribution in [3.8, 4) is 0 Å². The Labute approximate surface area is 160 Å².